The number of aryl methyl sites for hydroxylation is 1. The maximum absolute atomic E-state index is 13.7. The SMILES string of the molecule is CCNCC.O=C(O)C[C@H]1CCc2c1[nH]c1ccc(OCc3ccc(C4CCCC4)c(C(F)(F)F)c3)cc21. The first-order valence-electron chi connectivity index (χ1n) is 13.6. The van der Waals surface area contributed by atoms with Crippen molar-refractivity contribution in [1.29, 1.82) is 0 Å². The number of carboxylic acids is 1. The molecule has 2 aliphatic rings. The number of carboxylic acid groups (broad SMARTS) is 1. The van der Waals surface area contributed by atoms with Crippen LogP contribution in [0.1, 0.15) is 92.2 Å². The highest BCUT2D eigenvalue weighted by molar-refractivity contribution is 5.87. The summed E-state index contributed by atoms with van der Waals surface area (Å²) in [6.45, 7) is 6.44. The Balaban J connectivity index is 0.000000617. The number of aromatic amines is 1. The Kier molecular flexibility index (Phi) is 9.03. The maximum Gasteiger partial charge on any atom is 0.416 e. The number of H-pyrrole nitrogens is 1. The summed E-state index contributed by atoms with van der Waals surface area (Å²) in [5.41, 5.74) is 3.36. The summed E-state index contributed by atoms with van der Waals surface area (Å²) in [4.78, 5) is 14.5. The van der Waals surface area contributed by atoms with Crippen LogP contribution in [-0.4, -0.2) is 29.1 Å². The van der Waals surface area contributed by atoms with Crippen molar-refractivity contribution in [3.05, 3.63) is 64.3 Å². The molecule has 5 nitrogen and oxygen atoms in total. The van der Waals surface area contributed by atoms with Crippen LogP contribution in [0.2, 0.25) is 0 Å². The first-order chi connectivity index (χ1) is 18.2. The first kappa shape index (κ1) is 28.0. The number of hydrogen-bond acceptors (Lipinski definition) is 3. The fourth-order valence-electron chi connectivity index (χ4n) is 5.78. The minimum atomic E-state index is -4.38. The van der Waals surface area contributed by atoms with E-state index < -0.39 is 17.7 Å². The number of carbonyl (C=O) groups is 1. The van der Waals surface area contributed by atoms with Crippen LogP contribution >= 0.6 is 0 Å². The molecule has 1 aromatic heterocycles. The Morgan fingerprint density at radius 3 is 2.45 bits per heavy atom. The van der Waals surface area contributed by atoms with Crippen molar-refractivity contribution in [2.24, 2.45) is 0 Å². The quantitative estimate of drug-likeness (QED) is 0.281. The molecule has 3 aromatic rings. The summed E-state index contributed by atoms with van der Waals surface area (Å²) in [6, 6.07) is 10.2. The van der Waals surface area contributed by atoms with E-state index in [2.05, 4.69) is 24.1 Å². The number of hydrogen-bond donors (Lipinski definition) is 3. The molecule has 2 aliphatic carbocycles. The van der Waals surface area contributed by atoms with E-state index in [0.717, 1.165) is 73.8 Å². The molecular formula is C30H37F3N2O3. The number of rotatable bonds is 8. The van der Waals surface area contributed by atoms with Gasteiger partial charge in [-0.15, -0.1) is 0 Å². The van der Waals surface area contributed by atoms with Crippen LogP contribution in [0.5, 0.6) is 5.75 Å². The van der Waals surface area contributed by atoms with Gasteiger partial charge in [-0.2, -0.15) is 13.2 Å². The van der Waals surface area contributed by atoms with E-state index >= 15 is 0 Å². The molecule has 0 radical (unpaired) electrons. The van der Waals surface area contributed by atoms with E-state index in [9.17, 15) is 18.0 Å². The van der Waals surface area contributed by atoms with E-state index in [1.54, 1.807) is 18.2 Å². The smallest absolute Gasteiger partial charge is 0.416 e. The first-order valence-corrected chi connectivity index (χ1v) is 13.6. The number of alkyl halides is 3. The summed E-state index contributed by atoms with van der Waals surface area (Å²) >= 11 is 0. The fourth-order valence-corrected chi connectivity index (χ4v) is 5.78. The van der Waals surface area contributed by atoms with Gasteiger partial charge < -0.3 is 20.1 Å². The zero-order chi connectivity index (χ0) is 27.3. The maximum atomic E-state index is 13.7. The minimum Gasteiger partial charge on any atom is -0.489 e. The molecular weight excluding hydrogens is 493 g/mol. The molecule has 206 valence electrons. The van der Waals surface area contributed by atoms with Crippen LogP contribution < -0.4 is 10.1 Å². The molecule has 1 atom stereocenters. The third-order valence-electron chi connectivity index (χ3n) is 7.61. The minimum absolute atomic E-state index is 0.0142. The normalized spacial score (nSPS) is 17.3. The Hall–Kier alpha value is -3.00. The zero-order valence-electron chi connectivity index (χ0n) is 22.1. The third-order valence-corrected chi connectivity index (χ3v) is 7.61. The van der Waals surface area contributed by atoms with Crippen molar-refractivity contribution >= 4 is 16.9 Å². The second-order valence-corrected chi connectivity index (χ2v) is 10.2. The lowest BCUT2D eigenvalue weighted by molar-refractivity contribution is -0.139. The molecule has 8 heteroatoms. The number of aromatic nitrogens is 1. The lowest BCUT2D eigenvalue weighted by Gasteiger charge is -2.19. The Labute approximate surface area is 221 Å². The van der Waals surface area contributed by atoms with Crippen molar-refractivity contribution in [3.8, 4) is 5.75 Å². The van der Waals surface area contributed by atoms with Gasteiger partial charge in [-0.3, -0.25) is 4.79 Å². The van der Waals surface area contributed by atoms with Gasteiger partial charge in [0, 0.05) is 22.5 Å². The summed E-state index contributed by atoms with van der Waals surface area (Å²) in [5, 5.41) is 13.2. The molecule has 1 saturated carbocycles. The number of benzene rings is 2. The molecule has 5 rings (SSSR count). The van der Waals surface area contributed by atoms with Crippen molar-refractivity contribution in [3.63, 3.8) is 0 Å². The molecule has 0 aliphatic heterocycles. The van der Waals surface area contributed by atoms with Gasteiger partial charge in [0.1, 0.15) is 12.4 Å². The van der Waals surface area contributed by atoms with Crippen LogP contribution in [0.25, 0.3) is 10.9 Å². The van der Waals surface area contributed by atoms with Crippen molar-refractivity contribution < 1.29 is 27.8 Å². The van der Waals surface area contributed by atoms with E-state index in [1.807, 2.05) is 12.1 Å². The van der Waals surface area contributed by atoms with Crippen molar-refractivity contribution in [2.45, 2.75) is 83.4 Å². The van der Waals surface area contributed by atoms with Crippen molar-refractivity contribution in [1.82, 2.24) is 10.3 Å². The second kappa shape index (κ2) is 12.2. The summed E-state index contributed by atoms with van der Waals surface area (Å²) in [6.07, 6.45) is 0.897. The average molecular weight is 531 g/mol. The predicted molar refractivity (Wildman–Crippen MR) is 143 cm³/mol. The molecule has 0 unspecified atom stereocenters. The molecule has 3 N–H and O–H groups in total. The van der Waals surface area contributed by atoms with Gasteiger partial charge in [0.2, 0.25) is 0 Å². The summed E-state index contributed by atoms with van der Waals surface area (Å²) < 4.78 is 47.1. The predicted octanol–water partition coefficient (Wildman–Crippen LogP) is 7.54. The summed E-state index contributed by atoms with van der Waals surface area (Å²) in [5.74, 6) is -0.264. The number of fused-ring (bicyclic) bond motifs is 3. The second-order valence-electron chi connectivity index (χ2n) is 10.2. The van der Waals surface area contributed by atoms with Crippen LogP contribution in [-0.2, 0) is 24.0 Å². The van der Waals surface area contributed by atoms with Crippen LogP contribution in [0.3, 0.4) is 0 Å². The zero-order valence-corrected chi connectivity index (χ0v) is 22.1. The average Bonchev–Trinajstić information content (AvgIpc) is 3.61. The molecule has 0 amide bonds. The van der Waals surface area contributed by atoms with Gasteiger partial charge in [0.25, 0.3) is 0 Å². The van der Waals surface area contributed by atoms with Gasteiger partial charge in [-0.05, 0) is 85.6 Å². The molecule has 38 heavy (non-hydrogen) atoms. The lowest BCUT2D eigenvalue weighted by atomic mass is 9.91. The van der Waals surface area contributed by atoms with Gasteiger partial charge in [-0.1, -0.05) is 38.8 Å². The lowest BCUT2D eigenvalue weighted by Crippen LogP contribution is -2.12. The van der Waals surface area contributed by atoms with Gasteiger partial charge in [-0.25, -0.2) is 0 Å². The Morgan fingerprint density at radius 1 is 1.08 bits per heavy atom. The largest absolute Gasteiger partial charge is 0.489 e. The van der Waals surface area contributed by atoms with Crippen molar-refractivity contribution in [2.75, 3.05) is 13.1 Å². The third kappa shape index (κ3) is 6.52. The Morgan fingerprint density at radius 2 is 1.82 bits per heavy atom. The van der Waals surface area contributed by atoms with E-state index in [4.69, 9.17) is 9.84 Å². The van der Waals surface area contributed by atoms with Gasteiger partial charge in [0.05, 0.1) is 12.0 Å². The van der Waals surface area contributed by atoms with Gasteiger partial charge >= 0.3 is 12.1 Å². The molecule has 0 saturated heterocycles. The van der Waals surface area contributed by atoms with Gasteiger partial charge in [0.15, 0.2) is 0 Å². The molecule has 2 aromatic carbocycles. The number of aliphatic carboxylic acids is 1. The topological polar surface area (TPSA) is 74.4 Å². The highest BCUT2D eigenvalue weighted by Gasteiger charge is 2.36. The molecule has 1 fully saturated rings. The highest BCUT2D eigenvalue weighted by Crippen LogP contribution is 2.43. The fraction of sp³-hybridized carbons (Fsp3) is 0.500. The summed E-state index contributed by atoms with van der Waals surface area (Å²) in [7, 11) is 0. The number of nitrogens with one attached hydrogen (secondary N) is 2. The Bertz CT molecular complexity index is 1240. The highest BCUT2D eigenvalue weighted by atomic mass is 19.4. The van der Waals surface area contributed by atoms with E-state index in [1.165, 1.54) is 6.07 Å². The van der Waals surface area contributed by atoms with E-state index in [0.29, 0.717) is 16.9 Å². The standard InChI is InChI=1S/C26H26F3NO3.C4H11N/c27-26(28,29)22-11-15(5-8-19(22)16-3-1-2-4-16)14-33-18-7-10-23-21(13-18)20-9-6-17(12-24(31)32)25(20)30-23;1-3-5-4-2/h5,7-8,10-11,13,16-17,30H,1-4,6,9,12,14H2,(H,31,32);5H,3-4H2,1-2H3/t17-;/m1./s1. The van der Waals surface area contributed by atoms with Crippen LogP contribution in [0.4, 0.5) is 13.2 Å². The molecule has 0 spiro atoms. The van der Waals surface area contributed by atoms with E-state index in [-0.39, 0.29) is 24.9 Å². The number of halogens is 3. The molecule has 1 heterocycles. The van der Waals surface area contributed by atoms with Crippen LogP contribution in [0, 0.1) is 0 Å². The molecule has 0 bridgehead atoms. The monoisotopic (exact) mass is 530 g/mol. The number of ether oxygens (including phenoxy) is 1. The van der Waals surface area contributed by atoms with Crippen LogP contribution in [0.15, 0.2) is 36.4 Å².